The predicted molar refractivity (Wildman–Crippen MR) is 111 cm³/mol. The number of unbranched alkanes of at least 4 members (excludes halogenated alkanes) is 1. The minimum Gasteiger partial charge on any atom is -0.343 e. The van der Waals surface area contributed by atoms with Crippen LogP contribution in [0.15, 0.2) is 30.3 Å². The molecule has 1 atom stereocenters. The summed E-state index contributed by atoms with van der Waals surface area (Å²) in [6, 6.07) is 10.3. The van der Waals surface area contributed by atoms with Crippen molar-refractivity contribution >= 4 is 22.6 Å². The Labute approximate surface area is 166 Å². The molecule has 5 nitrogen and oxygen atoms in total. The zero-order chi connectivity index (χ0) is 19.1. The van der Waals surface area contributed by atoms with Gasteiger partial charge in [0.1, 0.15) is 5.82 Å². The Kier molecular flexibility index (Phi) is 7.21. The second kappa shape index (κ2) is 9.83. The molecular formula is C21H30N4OS. The molecule has 1 fully saturated rings. The van der Waals surface area contributed by atoms with Crippen molar-refractivity contribution in [3.05, 3.63) is 41.7 Å². The first-order chi connectivity index (χ1) is 13.2. The molecule has 0 radical (unpaired) electrons. The lowest BCUT2D eigenvalue weighted by atomic mass is 9.97. The predicted octanol–water partition coefficient (Wildman–Crippen LogP) is 3.99. The lowest BCUT2D eigenvalue weighted by Gasteiger charge is -2.36. The Morgan fingerprint density at radius 2 is 1.89 bits per heavy atom. The monoisotopic (exact) mass is 386 g/mol. The average Bonchev–Trinajstić information content (AvgIpc) is 3.18. The van der Waals surface area contributed by atoms with Gasteiger partial charge in [-0.25, -0.2) is 4.98 Å². The van der Waals surface area contributed by atoms with Crippen molar-refractivity contribution in [2.24, 2.45) is 5.92 Å². The second-order valence-electron chi connectivity index (χ2n) is 7.22. The van der Waals surface area contributed by atoms with Gasteiger partial charge in [-0.05, 0) is 18.4 Å². The number of carbonyl (C=O) groups is 1. The first-order valence-corrected chi connectivity index (χ1v) is 10.9. The molecule has 27 heavy (non-hydrogen) atoms. The highest BCUT2D eigenvalue weighted by atomic mass is 32.1. The van der Waals surface area contributed by atoms with Gasteiger partial charge >= 0.3 is 0 Å². The molecule has 1 aromatic heterocycles. The molecule has 1 unspecified atom stereocenters. The van der Waals surface area contributed by atoms with Crippen molar-refractivity contribution < 1.29 is 4.79 Å². The Bertz CT molecular complexity index is 710. The van der Waals surface area contributed by atoms with Gasteiger partial charge in [0.15, 0.2) is 0 Å². The van der Waals surface area contributed by atoms with Gasteiger partial charge in [0, 0.05) is 50.1 Å². The number of amides is 1. The van der Waals surface area contributed by atoms with Gasteiger partial charge in [-0.1, -0.05) is 57.0 Å². The topological polar surface area (TPSA) is 49.3 Å². The molecule has 146 valence electrons. The van der Waals surface area contributed by atoms with Crippen molar-refractivity contribution in [2.45, 2.75) is 46.0 Å². The van der Waals surface area contributed by atoms with Crippen molar-refractivity contribution in [1.29, 1.82) is 0 Å². The Morgan fingerprint density at radius 3 is 2.56 bits per heavy atom. The van der Waals surface area contributed by atoms with E-state index in [9.17, 15) is 4.79 Å². The number of anilines is 1. The molecule has 0 bridgehead atoms. The summed E-state index contributed by atoms with van der Waals surface area (Å²) in [5.41, 5.74) is 1.23. The molecule has 6 heteroatoms. The van der Waals surface area contributed by atoms with E-state index >= 15 is 0 Å². The number of rotatable bonds is 8. The first-order valence-electron chi connectivity index (χ1n) is 10.1. The SMILES string of the molecule is CCCCC(CC)C(=O)N1CCN(c2nc(Cc3ccccc3)ns2)CC1. The fraction of sp³-hybridized carbons (Fsp3) is 0.571. The highest BCUT2D eigenvalue weighted by Crippen LogP contribution is 2.22. The molecule has 0 saturated carbocycles. The Hall–Kier alpha value is -1.95. The normalized spacial score (nSPS) is 15.8. The molecule has 1 aliphatic heterocycles. The smallest absolute Gasteiger partial charge is 0.225 e. The fourth-order valence-electron chi connectivity index (χ4n) is 3.55. The van der Waals surface area contributed by atoms with Gasteiger partial charge in [0.25, 0.3) is 0 Å². The van der Waals surface area contributed by atoms with Crippen molar-refractivity contribution in [3.63, 3.8) is 0 Å². The molecule has 2 heterocycles. The highest BCUT2D eigenvalue weighted by molar-refractivity contribution is 7.09. The summed E-state index contributed by atoms with van der Waals surface area (Å²) in [6.45, 7) is 7.57. The standard InChI is InChI=1S/C21H30N4OS/c1-3-5-11-18(4-2)20(26)24-12-14-25(15-13-24)21-22-19(23-27-21)16-17-9-7-6-8-10-17/h6-10,18H,3-5,11-16H2,1-2H3. The van der Waals surface area contributed by atoms with E-state index in [1.54, 1.807) is 0 Å². The van der Waals surface area contributed by atoms with Crippen LogP contribution < -0.4 is 4.90 Å². The summed E-state index contributed by atoms with van der Waals surface area (Å²) in [5.74, 6) is 1.41. The summed E-state index contributed by atoms with van der Waals surface area (Å²) in [7, 11) is 0. The third-order valence-electron chi connectivity index (χ3n) is 5.27. The summed E-state index contributed by atoms with van der Waals surface area (Å²) < 4.78 is 4.52. The van der Waals surface area contributed by atoms with Crippen LogP contribution >= 0.6 is 11.5 Å². The van der Waals surface area contributed by atoms with Crippen LogP contribution in [-0.4, -0.2) is 46.3 Å². The van der Waals surface area contributed by atoms with E-state index in [1.165, 1.54) is 17.1 Å². The molecule has 0 aliphatic carbocycles. The third kappa shape index (κ3) is 5.28. The van der Waals surface area contributed by atoms with E-state index in [4.69, 9.17) is 4.98 Å². The highest BCUT2D eigenvalue weighted by Gasteiger charge is 2.27. The fourth-order valence-corrected chi connectivity index (χ4v) is 4.29. The number of piperazine rings is 1. The van der Waals surface area contributed by atoms with Crippen LogP contribution in [0.1, 0.15) is 50.9 Å². The Balaban J connectivity index is 1.52. The van der Waals surface area contributed by atoms with Crippen LogP contribution in [0.5, 0.6) is 0 Å². The summed E-state index contributed by atoms with van der Waals surface area (Å²) >= 11 is 1.47. The molecule has 0 N–H and O–H groups in total. The van der Waals surface area contributed by atoms with Crippen LogP contribution in [0, 0.1) is 5.92 Å². The van der Waals surface area contributed by atoms with E-state index in [0.29, 0.717) is 5.91 Å². The van der Waals surface area contributed by atoms with Gasteiger partial charge in [0.05, 0.1) is 0 Å². The number of hydrogen-bond acceptors (Lipinski definition) is 5. The van der Waals surface area contributed by atoms with Crippen molar-refractivity contribution in [3.8, 4) is 0 Å². The molecular weight excluding hydrogens is 356 g/mol. The number of carbonyl (C=O) groups excluding carboxylic acids is 1. The molecule has 2 aromatic rings. The van der Waals surface area contributed by atoms with Gasteiger partial charge < -0.3 is 9.80 Å². The van der Waals surface area contributed by atoms with E-state index < -0.39 is 0 Å². The van der Waals surface area contributed by atoms with Gasteiger partial charge in [-0.3, -0.25) is 4.79 Å². The number of aromatic nitrogens is 2. The van der Waals surface area contributed by atoms with Gasteiger partial charge in [0.2, 0.25) is 11.0 Å². The lowest BCUT2D eigenvalue weighted by molar-refractivity contribution is -0.136. The number of benzene rings is 1. The molecule has 1 aliphatic rings. The van der Waals surface area contributed by atoms with E-state index in [1.807, 2.05) is 23.1 Å². The maximum Gasteiger partial charge on any atom is 0.225 e. The average molecular weight is 387 g/mol. The van der Waals surface area contributed by atoms with Crippen molar-refractivity contribution in [1.82, 2.24) is 14.3 Å². The molecule has 3 rings (SSSR count). The Morgan fingerprint density at radius 1 is 1.15 bits per heavy atom. The maximum atomic E-state index is 12.8. The van der Waals surface area contributed by atoms with Crippen LogP contribution in [0.4, 0.5) is 5.13 Å². The van der Waals surface area contributed by atoms with E-state index in [-0.39, 0.29) is 5.92 Å². The zero-order valence-electron chi connectivity index (χ0n) is 16.4. The van der Waals surface area contributed by atoms with Gasteiger partial charge in [-0.2, -0.15) is 4.37 Å². The summed E-state index contributed by atoms with van der Waals surface area (Å²) in [4.78, 5) is 21.8. The molecule has 1 amide bonds. The van der Waals surface area contributed by atoms with Gasteiger partial charge in [-0.15, -0.1) is 0 Å². The lowest BCUT2D eigenvalue weighted by Crippen LogP contribution is -2.50. The quantitative estimate of drug-likeness (QED) is 0.688. The van der Waals surface area contributed by atoms with Crippen LogP contribution in [-0.2, 0) is 11.2 Å². The first kappa shape index (κ1) is 19.8. The second-order valence-corrected chi connectivity index (χ2v) is 7.95. The minimum atomic E-state index is 0.190. The largest absolute Gasteiger partial charge is 0.343 e. The molecule has 1 saturated heterocycles. The summed E-state index contributed by atoms with van der Waals surface area (Å²) in [5, 5.41) is 0.978. The zero-order valence-corrected chi connectivity index (χ0v) is 17.2. The molecule has 0 spiro atoms. The van der Waals surface area contributed by atoms with E-state index in [0.717, 1.165) is 69.2 Å². The third-order valence-corrected chi connectivity index (χ3v) is 6.09. The minimum absolute atomic E-state index is 0.190. The maximum absolute atomic E-state index is 12.8. The van der Waals surface area contributed by atoms with E-state index in [2.05, 4.69) is 35.3 Å². The summed E-state index contributed by atoms with van der Waals surface area (Å²) in [6.07, 6.45) is 5.02. The van der Waals surface area contributed by atoms with Crippen LogP contribution in [0.2, 0.25) is 0 Å². The number of nitrogens with zero attached hydrogens (tertiary/aromatic N) is 4. The molecule has 1 aromatic carbocycles. The van der Waals surface area contributed by atoms with Crippen LogP contribution in [0.3, 0.4) is 0 Å². The number of hydrogen-bond donors (Lipinski definition) is 0. The van der Waals surface area contributed by atoms with Crippen molar-refractivity contribution in [2.75, 3.05) is 31.1 Å². The van der Waals surface area contributed by atoms with Crippen LogP contribution in [0.25, 0.3) is 0 Å².